The lowest BCUT2D eigenvalue weighted by molar-refractivity contribution is -0.138. The summed E-state index contributed by atoms with van der Waals surface area (Å²) in [5.74, 6) is 2.12. The molecule has 0 fully saturated rings. The molecular formula is C23H27N3O4. The molecule has 1 atom stereocenters. The molecule has 7 nitrogen and oxygen atoms in total. The van der Waals surface area contributed by atoms with Crippen molar-refractivity contribution in [2.24, 2.45) is 0 Å². The third-order valence-electron chi connectivity index (χ3n) is 4.82. The number of benzene rings is 2. The zero-order valence-electron chi connectivity index (χ0n) is 17.8. The summed E-state index contributed by atoms with van der Waals surface area (Å²) in [5.41, 5.74) is 2.04. The van der Waals surface area contributed by atoms with Crippen molar-refractivity contribution in [1.82, 2.24) is 15.0 Å². The molecule has 0 N–H and O–H groups in total. The van der Waals surface area contributed by atoms with Gasteiger partial charge < -0.3 is 18.9 Å². The molecule has 0 unspecified atom stereocenters. The summed E-state index contributed by atoms with van der Waals surface area (Å²) < 4.78 is 16.4. The van der Waals surface area contributed by atoms with E-state index in [1.54, 1.807) is 19.1 Å². The van der Waals surface area contributed by atoms with E-state index in [1.807, 2.05) is 55.5 Å². The third-order valence-corrected chi connectivity index (χ3v) is 4.82. The first-order chi connectivity index (χ1) is 14.5. The number of carbonyl (C=O) groups excluding carboxylic acids is 1. The molecule has 0 aliphatic rings. The zero-order valence-corrected chi connectivity index (χ0v) is 17.8. The van der Waals surface area contributed by atoms with Gasteiger partial charge in [-0.1, -0.05) is 31.1 Å². The minimum Gasteiger partial charge on any atom is -0.497 e. The Morgan fingerprint density at radius 1 is 1.07 bits per heavy atom. The second-order valence-corrected chi connectivity index (χ2v) is 6.95. The van der Waals surface area contributed by atoms with Gasteiger partial charge in [0.1, 0.15) is 11.5 Å². The third kappa shape index (κ3) is 5.17. The van der Waals surface area contributed by atoms with Crippen molar-refractivity contribution in [3.8, 4) is 22.9 Å². The van der Waals surface area contributed by atoms with Crippen molar-refractivity contribution in [2.75, 3.05) is 14.2 Å². The van der Waals surface area contributed by atoms with Gasteiger partial charge in [-0.15, -0.1) is 0 Å². The second kappa shape index (κ2) is 9.91. The lowest BCUT2D eigenvalue weighted by Gasteiger charge is -2.22. The number of aromatic nitrogens is 2. The van der Waals surface area contributed by atoms with E-state index in [4.69, 9.17) is 14.0 Å². The first kappa shape index (κ1) is 21.4. The summed E-state index contributed by atoms with van der Waals surface area (Å²) in [6.45, 7) is 4.22. The smallest absolute Gasteiger partial charge is 0.263 e. The number of hydrogen-bond donors (Lipinski definition) is 0. The average Bonchev–Trinajstić information content (AvgIpc) is 3.25. The molecule has 0 spiro atoms. The van der Waals surface area contributed by atoms with Gasteiger partial charge in [0.2, 0.25) is 11.7 Å². The summed E-state index contributed by atoms with van der Waals surface area (Å²) in [6.07, 6.45) is 0.938. The van der Waals surface area contributed by atoms with E-state index >= 15 is 0 Å². The van der Waals surface area contributed by atoms with Crippen molar-refractivity contribution in [3.05, 3.63) is 60.0 Å². The van der Waals surface area contributed by atoms with Crippen LogP contribution in [0.2, 0.25) is 0 Å². The molecule has 0 radical (unpaired) electrons. The molecular weight excluding hydrogens is 382 g/mol. The monoisotopic (exact) mass is 409 g/mol. The average molecular weight is 409 g/mol. The van der Waals surface area contributed by atoms with Gasteiger partial charge in [-0.3, -0.25) is 4.79 Å². The Balaban J connectivity index is 1.62. The van der Waals surface area contributed by atoms with Crippen LogP contribution in [-0.4, -0.2) is 41.2 Å². The van der Waals surface area contributed by atoms with Gasteiger partial charge in [-0.05, 0) is 54.8 Å². The van der Waals surface area contributed by atoms with Gasteiger partial charge in [-0.2, -0.15) is 4.98 Å². The molecule has 0 saturated carbocycles. The van der Waals surface area contributed by atoms with Crippen molar-refractivity contribution in [1.29, 1.82) is 0 Å². The van der Waals surface area contributed by atoms with Gasteiger partial charge in [0.25, 0.3) is 5.91 Å². The fraction of sp³-hybridized carbons (Fsp3) is 0.348. The van der Waals surface area contributed by atoms with Crippen LogP contribution in [0.3, 0.4) is 0 Å². The van der Waals surface area contributed by atoms with Crippen molar-refractivity contribution >= 4 is 5.91 Å². The van der Waals surface area contributed by atoms with Gasteiger partial charge in [0.05, 0.1) is 13.7 Å². The van der Waals surface area contributed by atoms with Crippen LogP contribution in [0.5, 0.6) is 11.5 Å². The molecule has 0 aliphatic heterocycles. The highest BCUT2D eigenvalue weighted by Crippen LogP contribution is 2.21. The Hall–Kier alpha value is -3.35. The SMILES string of the molecule is CCc1ccc(O[C@@H](CC)C(=O)N(C)Cc2nc(-c3ccc(OC)cc3)no2)cc1. The Morgan fingerprint density at radius 2 is 1.73 bits per heavy atom. The van der Waals surface area contributed by atoms with Crippen LogP contribution in [0, 0.1) is 0 Å². The van der Waals surface area contributed by atoms with Crippen LogP contribution in [0.15, 0.2) is 53.1 Å². The van der Waals surface area contributed by atoms with Crippen LogP contribution < -0.4 is 9.47 Å². The molecule has 2 aromatic carbocycles. The topological polar surface area (TPSA) is 77.7 Å². The number of hydrogen-bond acceptors (Lipinski definition) is 6. The molecule has 30 heavy (non-hydrogen) atoms. The summed E-state index contributed by atoms with van der Waals surface area (Å²) in [7, 11) is 3.31. The highest BCUT2D eigenvalue weighted by atomic mass is 16.5. The zero-order chi connectivity index (χ0) is 21.5. The van der Waals surface area contributed by atoms with E-state index in [9.17, 15) is 4.79 Å². The Kier molecular flexibility index (Phi) is 7.06. The molecule has 1 amide bonds. The number of methoxy groups -OCH3 is 1. The molecule has 0 aliphatic carbocycles. The standard InChI is InChI=1S/C23H27N3O4/c1-5-16-7-11-19(12-8-16)29-20(6-2)23(27)26(3)15-21-24-22(25-30-21)17-9-13-18(28-4)14-10-17/h7-14,20H,5-6,15H2,1-4H3/t20-/m0/s1. The molecule has 7 heteroatoms. The van der Waals surface area contributed by atoms with Crippen LogP contribution in [0.25, 0.3) is 11.4 Å². The predicted molar refractivity (Wildman–Crippen MR) is 113 cm³/mol. The maximum atomic E-state index is 12.9. The fourth-order valence-electron chi connectivity index (χ4n) is 2.98. The molecule has 158 valence electrons. The van der Waals surface area contributed by atoms with Gasteiger partial charge in [-0.25, -0.2) is 0 Å². The van der Waals surface area contributed by atoms with Crippen LogP contribution >= 0.6 is 0 Å². The number of ether oxygens (including phenoxy) is 2. The minimum atomic E-state index is -0.577. The summed E-state index contributed by atoms with van der Waals surface area (Å²) in [4.78, 5) is 18.8. The largest absolute Gasteiger partial charge is 0.497 e. The number of aryl methyl sites for hydroxylation is 1. The van der Waals surface area contributed by atoms with Crippen molar-refractivity contribution in [3.63, 3.8) is 0 Å². The molecule has 3 aromatic rings. The summed E-state index contributed by atoms with van der Waals surface area (Å²) in [5, 5.41) is 4.01. The van der Waals surface area contributed by atoms with Crippen LogP contribution in [-0.2, 0) is 17.8 Å². The second-order valence-electron chi connectivity index (χ2n) is 6.95. The molecule has 1 heterocycles. The number of likely N-dealkylation sites (N-methyl/N-ethyl adjacent to an activating group) is 1. The van der Waals surface area contributed by atoms with Crippen molar-refractivity contribution in [2.45, 2.75) is 39.3 Å². The number of nitrogens with zero attached hydrogens (tertiary/aromatic N) is 3. The molecule has 3 rings (SSSR count). The summed E-state index contributed by atoms with van der Waals surface area (Å²) in [6, 6.07) is 15.2. The van der Waals surface area contributed by atoms with Crippen LogP contribution in [0.1, 0.15) is 31.7 Å². The maximum Gasteiger partial charge on any atom is 0.263 e. The highest BCUT2D eigenvalue weighted by molar-refractivity contribution is 5.80. The van der Waals surface area contributed by atoms with E-state index in [0.29, 0.717) is 23.9 Å². The van der Waals surface area contributed by atoms with Gasteiger partial charge >= 0.3 is 0 Å². The normalized spacial score (nSPS) is 11.7. The van der Waals surface area contributed by atoms with E-state index in [-0.39, 0.29) is 12.5 Å². The highest BCUT2D eigenvalue weighted by Gasteiger charge is 2.24. The van der Waals surface area contributed by atoms with E-state index in [0.717, 1.165) is 17.7 Å². The maximum absolute atomic E-state index is 12.9. The minimum absolute atomic E-state index is 0.138. The Bertz CT molecular complexity index is 951. The fourth-order valence-corrected chi connectivity index (χ4v) is 2.98. The molecule has 0 bridgehead atoms. The van der Waals surface area contributed by atoms with E-state index < -0.39 is 6.10 Å². The van der Waals surface area contributed by atoms with E-state index in [1.165, 1.54) is 5.56 Å². The van der Waals surface area contributed by atoms with Crippen LogP contribution in [0.4, 0.5) is 0 Å². The van der Waals surface area contributed by atoms with Crippen molar-refractivity contribution < 1.29 is 18.8 Å². The Morgan fingerprint density at radius 3 is 2.33 bits per heavy atom. The Labute approximate surface area is 176 Å². The predicted octanol–water partition coefficient (Wildman–Crippen LogP) is 4.12. The quantitative estimate of drug-likeness (QED) is 0.529. The molecule has 0 saturated heterocycles. The summed E-state index contributed by atoms with van der Waals surface area (Å²) >= 11 is 0. The van der Waals surface area contributed by atoms with Gasteiger partial charge in [0, 0.05) is 12.6 Å². The van der Waals surface area contributed by atoms with E-state index in [2.05, 4.69) is 17.1 Å². The number of carbonyl (C=O) groups is 1. The van der Waals surface area contributed by atoms with Gasteiger partial charge in [0.15, 0.2) is 6.10 Å². The first-order valence-corrected chi connectivity index (χ1v) is 10.0. The number of rotatable bonds is 9. The molecule has 1 aromatic heterocycles. The lowest BCUT2D eigenvalue weighted by Crippen LogP contribution is -2.39. The lowest BCUT2D eigenvalue weighted by atomic mass is 10.1. The first-order valence-electron chi connectivity index (χ1n) is 10.0. The number of amides is 1.